The Kier molecular flexibility index (Phi) is 8.90. The van der Waals surface area contributed by atoms with E-state index in [1.807, 2.05) is 22.6 Å². The molecule has 1 aliphatic rings. The SMILES string of the molecule is O=C(OCC1OC(c2nnc3c(SCc4ccccc4)nccn23)C[C@H]1OC(=O)c1ccc(Cl)cc1)c1ccc(Cl)cc1. The normalized spacial score (nSPS) is 18.0. The quantitative estimate of drug-likeness (QED) is 0.130. The van der Waals surface area contributed by atoms with Crippen LogP contribution >= 0.6 is 35.0 Å². The maximum absolute atomic E-state index is 13.0. The summed E-state index contributed by atoms with van der Waals surface area (Å²) in [6.45, 7) is -0.146. The molecule has 1 saturated heterocycles. The van der Waals surface area contributed by atoms with E-state index < -0.39 is 30.3 Å². The lowest BCUT2D eigenvalue weighted by molar-refractivity contribution is -0.0441. The molecule has 2 aromatic heterocycles. The van der Waals surface area contributed by atoms with E-state index in [9.17, 15) is 9.59 Å². The van der Waals surface area contributed by atoms with E-state index in [0.29, 0.717) is 32.6 Å². The lowest BCUT2D eigenvalue weighted by Gasteiger charge is -2.19. The summed E-state index contributed by atoms with van der Waals surface area (Å²) in [5, 5.41) is 10.5. The first kappa shape index (κ1) is 29.1. The Bertz CT molecular complexity index is 1740. The summed E-state index contributed by atoms with van der Waals surface area (Å²) in [4.78, 5) is 30.2. The zero-order chi connectivity index (χ0) is 29.8. The van der Waals surface area contributed by atoms with Crippen molar-refractivity contribution in [2.75, 3.05) is 6.61 Å². The van der Waals surface area contributed by atoms with Crippen LogP contribution in [-0.4, -0.2) is 50.3 Å². The molecular formula is C31H24Cl2N4O5S. The molecule has 5 aromatic rings. The molecule has 0 bridgehead atoms. The van der Waals surface area contributed by atoms with Crippen LogP contribution in [0.25, 0.3) is 5.65 Å². The lowest BCUT2D eigenvalue weighted by Crippen LogP contribution is -2.32. The van der Waals surface area contributed by atoms with E-state index in [-0.39, 0.29) is 13.0 Å². The average Bonchev–Trinajstić information content (AvgIpc) is 3.64. The van der Waals surface area contributed by atoms with E-state index in [0.717, 1.165) is 16.3 Å². The smallest absolute Gasteiger partial charge is 0.338 e. The molecule has 3 aromatic carbocycles. The van der Waals surface area contributed by atoms with Crippen LogP contribution in [0, 0.1) is 0 Å². The summed E-state index contributed by atoms with van der Waals surface area (Å²) in [5.74, 6) is 0.151. The fourth-order valence-electron chi connectivity index (χ4n) is 4.64. The number of nitrogens with zero attached hydrogens (tertiary/aromatic N) is 4. The molecule has 3 heterocycles. The second kappa shape index (κ2) is 13.1. The summed E-state index contributed by atoms with van der Waals surface area (Å²) in [6, 6.07) is 22.8. The first-order valence-electron chi connectivity index (χ1n) is 13.4. The van der Waals surface area contributed by atoms with Gasteiger partial charge in [0, 0.05) is 34.6 Å². The zero-order valence-electron chi connectivity index (χ0n) is 22.5. The molecule has 1 fully saturated rings. The molecule has 0 amide bonds. The summed E-state index contributed by atoms with van der Waals surface area (Å²) >= 11 is 13.5. The minimum Gasteiger partial charge on any atom is -0.459 e. The molecule has 12 heteroatoms. The van der Waals surface area contributed by atoms with Gasteiger partial charge < -0.3 is 14.2 Å². The van der Waals surface area contributed by atoms with Crippen molar-refractivity contribution in [2.45, 2.75) is 35.5 Å². The third-order valence-corrected chi connectivity index (χ3v) is 8.37. The summed E-state index contributed by atoms with van der Waals surface area (Å²) in [7, 11) is 0. The van der Waals surface area contributed by atoms with Gasteiger partial charge in [0.1, 0.15) is 29.9 Å². The monoisotopic (exact) mass is 634 g/mol. The van der Waals surface area contributed by atoms with E-state index in [1.54, 1.807) is 72.7 Å². The topological polar surface area (TPSA) is 105 Å². The summed E-state index contributed by atoms with van der Waals surface area (Å²) < 4.78 is 19.6. The Balaban J connectivity index is 1.21. The number of benzene rings is 3. The van der Waals surface area contributed by atoms with Gasteiger partial charge in [-0.2, -0.15) is 0 Å². The molecule has 1 aliphatic heterocycles. The molecule has 0 N–H and O–H groups in total. The van der Waals surface area contributed by atoms with Gasteiger partial charge in [0.15, 0.2) is 11.5 Å². The molecule has 0 spiro atoms. The van der Waals surface area contributed by atoms with E-state index in [2.05, 4.69) is 27.3 Å². The van der Waals surface area contributed by atoms with Crippen LogP contribution in [0.2, 0.25) is 10.0 Å². The van der Waals surface area contributed by atoms with Crippen molar-refractivity contribution in [3.05, 3.63) is 124 Å². The van der Waals surface area contributed by atoms with Gasteiger partial charge >= 0.3 is 11.9 Å². The van der Waals surface area contributed by atoms with Gasteiger partial charge in [-0.1, -0.05) is 65.3 Å². The van der Waals surface area contributed by atoms with Crippen molar-refractivity contribution in [1.82, 2.24) is 19.6 Å². The number of rotatable bonds is 9. The van der Waals surface area contributed by atoms with E-state index in [4.69, 9.17) is 37.4 Å². The number of thioether (sulfide) groups is 1. The molecule has 0 radical (unpaired) electrons. The van der Waals surface area contributed by atoms with Crippen molar-refractivity contribution >= 4 is 52.5 Å². The first-order valence-corrected chi connectivity index (χ1v) is 15.1. The highest BCUT2D eigenvalue weighted by molar-refractivity contribution is 7.98. The van der Waals surface area contributed by atoms with Crippen molar-refractivity contribution in [3.8, 4) is 0 Å². The van der Waals surface area contributed by atoms with Crippen LogP contribution < -0.4 is 0 Å². The van der Waals surface area contributed by atoms with Gasteiger partial charge in [-0.15, -0.1) is 10.2 Å². The highest BCUT2D eigenvalue weighted by Crippen LogP contribution is 2.36. The maximum Gasteiger partial charge on any atom is 0.338 e. The predicted octanol–water partition coefficient (Wildman–Crippen LogP) is 6.64. The number of ether oxygens (including phenoxy) is 3. The number of esters is 2. The predicted molar refractivity (Wildman–Crippen MR) is 161 cm³/mol. The number of aromatic nitrogens is 4. The average molecular weight is 636 g/mol. The van der Waals surface area contributed by atoms with Gasteiger partial charge in [0.25, 0.3) is 0 Å². The second-order valence-corrected chi connectivity index (χ2v) is 11.6. The number of fused-ring (bicyclic) bond motifs is 1. The molecule has 6 rings (SSSR count). The van der Waals surface area contributed by atoms with Crippen LogP contribution in [-0.2, 0) is 20.0 Å². The largest absolute Gasteiger partial charge is 0.459 e. The summed E-state index contributed by atoms with van der Waals surface area (Å²) in [6.07, 6.45) is 1.66. The number of halogens is 2. The fourth-order valence-corrected chi connectivity index (χ4v) is 5.79. The van der Waals surface area contributed by atoms with Gasteiger partial charge in [-0.05, 0) is 54.1 Å². The standard InChI is InChI=1S/C31H24Cl2N4O5S/c32-22-10-6-20(7-11-22)30(38)40-17-26-24(42-31(39)21-8-12-23(33)13-9-21)16-25(41-26)27-35-36-28-29(34-14-15-37(27)28)43-18-19-4-2-1-3-5-19/h1-15,24-26H,16-18H2/t24-,25?,26?/m1/s1. The Labute approximate surface area is 261 Å². The number of carbonyl (C=O) groups excluding carboxylic acids is 2. The highest BCUT2D eigenvalue weighted by atomic mass is 35.5. The number of hydrogen-bond donors (Lipinski definition) is 0. The first-order chi connectivity index (χ1) is 20.9. The van der Waals surface area contributed by atoms with Crippen molar-refractivity contribution < 1.29 is 23.8 Å². The van der Waals surface area contributed by atoms with Crippen LogP contribution in [0.5, 0.6) is 0 Å². The minimum absolute atomic E-state index is 0.146. The van der Waals surface area contributed by atoms with Crippen LogP contribution in [0.4, 0.5) is 0 Å². The fraction of sp³-hybridized carbons (Fsp3) is 0.194. The third kappa shape index (κ3) is 6.83. The molecule has 3 atom stereocenters. The Morgan fingerprint density at radius 3 is 2.28 bits per heavy atom. The Hall–Kier alpha value is -3.96. The third-order valence-electron chi connectivity index (χ3n) is 6.82. The molecule has 0 aliphatic carbocycles. The van der Waals surface area contributed by atoms with Gasteiger partial charge in [-0.25, -0.2) is 14.6 Å². The molecular weight excluding hydrogens is 611 g/mol. The second-order valence-electron chi connectivity index (χ2n) is 9.71. The number of carbonyl (C=O) groups is 2. The lowest BCUT2D eigenvalue weighted by atomic mass is 10.1. The Morgan fingerprint density at radius 2 is 1.58 bits per heavy atom. The van der Waals surface area contributed by atoms with Crippen molar-refractivity contribution in [1.29, 1.82) is 0 Å². The molecule has 2 unspecified atom stereocenters. The summed E-state index contributed by atoms with van der Waals surface area (Å²) in [5.41, 5.74) is 2.43. The Morgan fingerprint density at radius 1 is 0.907 bits per heavy atom. The molecule has 218 valence electrons. The van der Waals surface area contributed by atoms with Crippen LogP contribution in [0.1, 0.15) is 44.6 Å². The molecule has 9 nitrogen and oxygen atoms in total. The van der Waals surface area contributed by atoms with Gasteiger partial charge in [0.2, 0.25) is 0 Å². The van der Waals surface area contributed by atoms with Crippen molar-refractivity contribution in [2.24, 2.45) is 0 Å². The molecule has 0 saturated carbocycles. The molecule has 43 heavy (non-hydrogen) atoms. The number of hydrogen-bond acceptors (Lipinski definition) is 9. The van der Waals surface area contributed by atoms with Crippen LogP contribution in [0.3, 0.4) is 0 Å². The maximum atomic E-state index is 13.0. The van der Waals surface area contributed by atoms with E-state index in [1.165, 1.54) is 0 Å². The van der Waals surface area contributed by atoms with Crippen LogP contribution in [0.15, 0.2) is 96.3 Å². The van der Waals surface area contributed by atoms with Crippen molar-refractivity contribution in [3.63, 3.8) is 0 Å². The van der Waals surface area contributed by atoms with Gasteiger partial charge in [0.05, 0.1) is 11.1 Å². The van der Waals surface area contributed by atoms with Gasteiger partial charge in [-0.3, -0.25) is 4.40 Å². The zero-order valence-corrected chi connectivity index (χ0v) is 24.8. The van der Waals surface area contributed by atoms with E-state index >= 15 is 0 Å². The highest BCUT2D eigenvalue weighted by Gasteiger charge is 2.42. The minimum atomic E-state index is -0.751.